The zero-order valence-corrected chi connectivity index (χ0v) is 22.8. The summed E-state index contributed by atoms with van der Waals surface area (Å²) >= 11 is 0. The minimum Gasteiger partial charge on any atom is -0.435 e. The maximum atomic E-state index is 15.0. The van der Waals surface area contributed by atoms with Crippen molar-refractivity contribution in [1.29, 1.82) is 0 Å². The molecule has 4 aromatic rings. The van der Waals surface area contributed by atoms with Crippen molar-refractivity contribution in [1.82, 2.24) is 20.3 Å². The first-order valence-corrected chi connectivity index (χ1v) is 14.5. The van der Waals surface area contributed by atoms with Gasteiger partial charge in [-0.05, 0) is 43.5 Å². The van der Waals surface area contributed by atoms with E-state index in [1.807, 2.05) is 0 Å². The van der Waals surface area contributed by atoms with Gasteiger partial charge >= 0.3 is 0 Å². The number of benzene rings is 2. The number of nitrogens with zero attached hydrogens (tertiary/aromatic N) is 3. The number of halogens is 3. The van der Waals surface area contributed by atoms with Gasteiger partial charge in [-0.25, -0.2) is 32.2 Å². The molecule has 9 nitrogen and oxygen atoms in total. The van der Waals surface area contributed by atoms with Crippen LogP contribution in [0.5, 0.6) is 11.6 Å². The number of rotatable bonds is 9. The van der Waals surface area contributed by atoms with E-state index in [2.05, 4.69) is 32.5 Å². The number of anilines is 2. The van der Waals surface area contributed by atoms with Gasteiger partial charge in [0.2, 0.25) is 27.7 Å². The van der Waals surface area contributed by atoms with Crippen LogP contribution in [0.1, 0.15) is 25.3 Å². The maximum Gasteiger partial charge on any atom is 0.237 e. The van der Waals surface area contributed by atoms with Crippen LogP contribution in [0, 0.1) is 17.5 Å². The Kier molecular flexibility index (Phi) is 8.36. The molecular weight excluding hydrogens is 557 g/mol. The number of nitrogens with one attached hydrogen (secondary N) is 3. The Morgan fingerprint density at radius 3 is 2.56 bits per heavy atom. The molecule has 41 heavy (non-hydrogen) atoms. The standard InChI is InChI=1S/C28H27F3N6O3S/c1-17-9-10-19(15-34-17)35-28-33-13-11-22(36-28)20-8-5-12-32-27(20)40-23-14-21(29)26(25(31)24(23)30)37-41(38,39)16-18-6-3-2-4-7-18/h2-8,11-14,17,19,34,37H,9-10,15-16H2,1H3,(H,33,35,36)/t17-,19?/m0/s1. The largest absolute Gasteiger partial charge is 0.435 e. The van der Waals surface area contributed by atoms with Crippen molar-refractivity contribution in [2.45, 2.75) is 37.6 Å². The van der Waals surface area contributed by atoms with Gasteiger partial charge in [-0.2, -0.15) is 4.39 Å². The Labute approximate surface area is 235 Å². The first-order valence-electron chi connectivity index (χ1n) is 12.9. The molecule has 1 saturated heterocycles. The van der Waals surface area contributed by atoms with E-state index in [4.69, 9.17) is 4.74 Å². The lowest BCUT2D eigenvalue weighted by Gasteiger charge is -2.28. The van der Waals surface area contributed by atoms with Crippen LogP contribution in [0.25, 0.3) is 11.3 Å². The number of aromatic nitrogens is 3. The van der Waals surface area contributed by atoms with Gasteiger partial charge in [-0.3, -0.25) is 4.72 Å². The first-order chi connectivity index (χ1) is 19.7. The lowest BCUT2D eigenvalue weighted by atomic mass is 10.0. The summed E-state index contributed by atoms with van der Waals surface area (Å²) in [5, 5.41) is 6.68. The van der Waals surface area contributed by atoms with Crippen LogP contribution in [0.2, 0.25) is 0 Å². The molecule has 0 saturated carbocycles. The fourth-order valence-electron chi connectivity index (χ4n) is 4.38. The number of sulfonamides is 1. The van der Waals surface area contributed by atoms with Crippen molar-refractivity contribution in [3.05, 3.63) is 90.0 Å². The van der Waals surface area contributed by atoms with Crippen LogP contribution in [0.4, 0.5) is 24.8 Å². The summed E-state index contributed by atoms with van der Waals surface area (Å²) in [6.45, 7) is 2.88. The van der Waals surface area contributed by atoms with E-state index in [9.17, 15) is 17.2 Å². The average molecular weight is 585 g/mol. The number of piperidine rings is 1. The zero-order valence-electron chi connectivity index (χ0n) is 21.9. The molecule has 0 amide bonds. The molecule has 5 rings (SSSR count). The summed E-state index contributed by atoms with van der Waals surface area (Å²) in [4.78, 5) is 12.9. The Morgan fingerprint density at radius 1 is 1.00 bits per heavy atom. The lowest BCUT2D eigenvalue weighted by Crippen LogP contribution is -2.43. The van der Waals surface area contributed by atoms with Crippen molar-refractivity contribution in [3.63, 3.8) is 0 Å². The van der Waals surface area contributed by atoms with Crippen LogP contribution in [0.15, 0.2) is 67.0 Å². The highest BCUT2D eigenvalue weighted by molar-refractivity contribution is 7.91. The summed E-state index contributed by atoms with van der Waals surface area (Å²) in [6.07, 6.45) is 4.85. The van der Waals surface area contributed by atoms with Gasteiger partial charge in [-0.1, -0.05) is 30.3 Å². The molecule has 2 aromatic carbocycles. The SMILES string of the molecule is C[C@H]1CCC(Nc2nccc(-c3cccnc3Oc3cc(F)c(NS(=O)(=O)Cc4ccccc4)c(F)c3F)n2)CN1. The molecule has 1 unspecified atom stereocenters. The van der Waals surface area contributed by atoms with Crippen LogP contribution in [0.3, 0.4) is 0 Å². The molecule has 2 aromatic heterocycles. The van der Waals surface area contributed by atoms with Crippen molar-refractivity contribution >= 4 is 21.7 Å². The first kappa shape index (κ1) is 28.3. The van der Waals surface area contributed by atoms with E-state index in [0.717, 1.165) is 19.4 Å². The number of hydrogen-bond acceptors (Lipinski definition) is 8. The van der Waals surface area contributed by atoms with E-state index in [0.29, 0.717) is 34.9 Å². The Balaban J connectivity index is 1.37. The van der Waals surface area contributed by atoms with Crippen molar-refractivity contribution < 1.29 is 26.3 Å². The molecule has 214 valence electrons. The molecule has 3 heterocycles. The molecule has 1 aliphatic rings. The van der Waals surface area contributed by atoms with Gasteiger partial charge in [0.15, 0.2) is 17.4 Å². The summed E-state index contributed by atoms with van der Waals surface area (Å²) in [5.41, 5.74) is -0.0577. The van der Waals surface area contributed by atoms with Crippen LogP contribution in [-0.2, 0) is 15.8 Å². The average Bonchev–Trinajstić information content (AvgIpc) is 2.96. The van der Waals surface area contributed by atoms with E-state index in [-0.39, 0.29) is 11.9 Å². The highest BCUT2D eigenvalue weighted by Crippen LogP contribution is 2.36. The van der Waals surface area contributed by atoms with Gasteiger partial charge in [-0.15, -0.1) is 0 Å². The molecule has 1 fully saturated rings. The lowest BCUT2D eigenvalue weighted by molar-refractivity contribution is 0.397. The monoisotopic (exact) mass is 584 g/mol. The molecular formula is C28H27F3N6O3S. The molecule has 2 atom stereocenters. The van der Waals surface area contributed by atoms with Gasteiger partial charge in [0.05, 0.1) is 17.0 Å². The fraction of sp³-hybridized carbons (Fsp3) is 0.250. The predicted octanol–water partition coefficient (Wildman–Crippen LogP) is 5.24. The molecule has 0 radical (unpaired) electrons. The molecule has 0 aliphatic carbocycles. The van der Waals surface area contributed by atoms with Crippen LogP contribution < -0.4 is 20.1 Å². The van der Waals surface area contributed by atoms with E-state index in [1.165, 1.54) is 24.5 Å². The zero-order chi connectivity index (χ0) is 29.0. The Hall–Kier alpha value is -4.23. The number of hydrogen-bond donors (Lipinski definition) is 3. The minimum atomic E-state index is -4.26. The maximum absolute atomic E-state index is 15.0. The second-order valence-electron chi connectivity index (χ2n) is 9.66. The number of pyridine rings is 1. The summed E-state index contributed by atoms with van der Waals surface area (Å²) < 4.78 is 77.2. The summed E-state index contributed by atoms with van der Waals surface area (Å²) in [6, 6.07) is 14.0. The van der Waals surface area contributed by atoms with E-state index >= 15 is 4.39 Å². The topological polar surface area (TPSA) is 118 Å². The second kappa shape index (κ2) is 12.1. The summed E-state index contributed by atoms with van der Waals surface area (Å²) in [5.74, 6) is -5.88. The Morgan fingerprint density at radius 2 is 1.80 bits per heavy atom. The predicted molar refractivity (Wildman–Crippen MR) is 148 cm³/mol. The van der Waals surface area contributed by atoms with Crippen LogP contribution >= 0.6 is 0 Å². The van der Waals surface area contributed by atoms with Gasteiger partial charge in [0.25, 0.3) is 0 Å². The molecule has 1 aliphatic heterocycles. The molecule has 0 spiro atoms. The third-order valence-corrected chi connectivity index (χ3v) is 7.71. The van der Waals surface area contributed by atoms with Crippen molar-refractivity contribution in [3.8, 4) is 22.9 Å². The second-order valence-corrected chi connectivity index (χ2v) is 11.4. The molecule has 13 heteroatoms. The van der Waals surface area contributed by atoms with Crippen molar-refractivity contribution in [2.75, 3.05) is 16.6 Å². The van der Waals surface area contributed by atoms with Gasteiger partial charge < -0.3 is 15.4 Å². The molecule has 3 N–H and O–H groups in total. The minimum absolute atomic E-state index is 0.134. The smallest absolute Gasteiger partial charge is 0.237 e. The van der Waals surface area contributed by atoms with Crippen LogP contribution in [-0.4, -0.2) is 42.0 Å². The quantitative estimate of drug-likeness (QED) is 0.229. The van der Waals surface area contributed by atoms with Gasteiger partial charge in [0.1, 0.15) is 5.69 Å². The molecule has 0 bridgehead atoms. The van der Waals surface area contributed by atoms with E-state index < -0.39 is 44.7 Å². The fourth-order valence-corrected chi connectivity index (χ4v) is 5.58. The number of ether oxygens (including phenoxy) is 1. The highest BCUT2D eigenvalue weighted by Gasteiger charge is 2.25. The highest BCUT2D eigenvalue weighted by atomic mass is 32.2. The summed E-state index contributed by atoms with van der Waals surface area (Å²) in [7, 11) is -4.26. The third-order valence-electron chi connectivity index (χ3n) is 6.49. The normalized spacial score (nSPS) is 17.2. The van der Waals surface area contributed by atoms with E-state index in [1.54, 1.807) is 41.1 Å². The van der Waals surface area contributed by atoms with Crippen molar-refractivity contribution in [2.24, 2.45) is 0 Å². The van der Waals surface area contributed by atoms with Gasteiger partial charge in [0, 0.05) is 37.1 Å². The Bertz CT molecular complexity index is 1630. The third kappa shape index (κ3) is 6.92.